The number of hydrogen-bond acceptors (Lipinski definition) is 3. The summed E-state index contributed by atoms with van der Waals surface area (Å²) in [7, 11) is -3.66. The van der Waals surface area contributed by atoms with E-state index in [1.165, 1.54) is 0 Å². The summed E-state index contributed by atoms with van der Waals surface area (Å²) in [6, 6.07) is 12.8. The molecule has 0 spiro atoms. The maximum Gasteiger partial charge on any atom is 0.248 e. The second kappa shape index (κ2) is 8.37. The van der Waals surface area contributed by atoms with Gasteiger partial charge in [-0.1, -0.05) is 18.5 Å². The van der Waals surface area contributed by atoms with Gasteiger partial charge in [0, 0.05) is 14.3 Å². The highest BCUT2D eigenvalue weighted by Crippen LogP contribution is 2.25. The molecule has 2 rings (SSSR count). The largest absolute Gasteiger partial charge is 0.324 e. The molecule has 0 aromatic heterocycles. The smallest absolute Gasteiger partial charge is 0.248 e. The van der Waals surface area contributed by atoms with Gasteiger partial charge in [0.15, 0.2) is 0 Å². The first-order chi connectivity index (χ1) is 11.7. The fourth-order valence-corrected chi connectivity index (χ4v) is 4.10. The van der Waals surface area contributed by atoms with E-state index in [1.54, 1.807) is 43.3 Å². The first-order valence-electron chi connectivity index (χ1n) is 7.53. The summed E-state index contributed by atoms with van der Waals surface area (Å²) in [5.74, 6) is -0.385. The Balaban J connectivity index is 2.34. The second-order valence-electron chi connectivity index (χ2n) is 5.46. The Morgan fingerprint density at radius 3 is 2.20 bits per heavy atom. The molecule has 1 amide bonds. The molecular formula is C17H18ClIN2O3S. The fourth-order valence-electron chi connectivity index (χ4n) is 2.41. The molecule has 0 heterocycles. The Hall–Kier alpha value is -1.32. The van der Waals surface area contributed by atoms with E-state index in [2.05, 4.69) is 27.9 Å². The van der Waals surface area contributed by atoms with Gasteiger partial charge in [0.05, 0.1) is 11.9 Å². The van der Waals surface area contributed by atoms with Crippen molar-refractivity contribution >= 4 is 61.5 Å². The van der Waals surface area contributed by atoms with Crippen molar-refractivity contribution in [3.63, 3.8) is 0 Å². The van der Waals surface area contributed by atoms with E-state index in [1.807, 2.05) is 12.1 Å². The lowest BCUT2D eigenvalue weighted by Crippen LogP contribution is -2.46. The van der Waals surface area contributed by atoms with Crippen LogP contribution >= 0.6 is 34.2 Å². The number of sulfonamides is 1. The van der Waals surface area contributed by atoms with Crippen molar-refractivity contribution in [1.29, 1.82) is 0 Å². The van der Waals surface area contributed by atoms with Crippen LogP contribution in [0.15, 0.2) is 48.5 Å². The summed E-state index contributed by atoms with van der Waals surface area (Å²) in [6.07, 6.45) is 1.41. The standard InChI is InChI=1S/C17H18ClIN2O3S/c1-3-16(17(22)20-14-8-6-13(19)7-9-14)21(25(2,23)24)15-10-4-12(18)5-11-15/h4-11,16H,3H2,1-2H3,(H,20,22). The molecular weight excluding hydrogens is 475 g/mol. The van der Waals surface area contributed by atoms with Crippen molar-refractivity contribution in [2.24, 2.45) is 0 Å². The lowest BCUT2D eigenvalue weighted by Gasteiger charge is -2.30. The molecule has 2 aromatic carbocycles. The van der Waals surface area contributed by atoms with Crippen LogP contribution in [0.25, 0.3) is 0 Å². The van der Waals surface area contributed by atoms with Crippen molar-refractivity contribution in [3.8, 4) is 0 Å². The zero-order chi connectivity index (χ0) is 18.6. The third-order valence-corrected chi connectivity index (χ3v) is 5.67. The maximum atomic E-state index is 12.7. The lowest BCUT2D eigenvalue weighted by atomic mass is 10.2. The molecule has 0 saturated carbocycles. The Kier molecular flexibility index (Phi) is 6.70. The first kappa shape index (κ1) is 20.0. The van der Waals surface area contributed by atoms with Gasteiger partial charge in [0.2, 0.25) is 15.9 Å². The molecule has 0 aliphatic heterocycles. The van der Waals surface area contributed by atoms with Gasteiger partial charge in [-0.05, 0) is 77.5 Å². The van der Waals surface area contributed by atoms with E-state index in [0.717, 1.165) is 14.1 Å². The van der Waals surface area contributed by atoms with Gasteiger partial charge >= 0.3 is 0 Å². The molecule has 0 radical (unpaired) electrons. The Morgan fingerprint density at radius 1 is 1.16 bits per heavy atom. The molecule has 0 aliphatic carbocycles. The average Bonchev–Trinajstić information content (AvgIpc) is 2.54. The molecule has 8 heteroatoms. The minimum atomic E-state index is -3.66. The topological polar surface area (TPSA) is 66.5 Å². The van der Waals surface area contributed by atoms with Crippen LogP contribution in [0.2, 0.25) is 5.02 Å². The third kappa shape index (κ3) is 5.32. The monoisotopic (exact) mass is 492 g/mol. The number of halogens is 2. The summed E-state index contributed by atoms with van der Waals surface area (Å²) in [4.78, 5) is 12.7. The molecule has 0 fully saturated rings. The summed E-state index contributed by atoms with van der Waals surface area (Å²) in [5, 5.41) is 3.27. The molecule has 134 valence electrons. The molecule has 1 unspecified atom stereocenters. The Morgan fingerprint density at radius 2 is 1.72 bits per heavy atom. The van der Waals surface area contributed by atoms with E-state index in [0.29, 0.717) is 22.8 Å². The number of anilines is 2. The normalized spacial score (nSPS) is 12.5. The minimum absolute atomic E-state index is 0.325. The van der Waals surface area contributed by atoms with Gasteiger partial charge in [0.25, 0.3) is 0 Å². The van der Waals surface area contributed by atoms with Crippen LogP contribution in [-0.4, -0.2) is 26.6 Å². The van der Waals surface area contributed by atoms with Crippen molar-refractivity contribution in [2.45, 2.75) is 19.4 Å². The van der Waals surface area contributed by atoms with Crippen LogP contribution in [0.5, 0.6) is 0 Å². The molecule has 0 saturated heterocycles. The molecule has 25 heavy (non-hydrogen) atoms. The number of benzene rings is 2. The van der Waals surface area contributed by atoms with E-state index < -0.39 is 16.1 Å². The molecule has 0 aliphatic rings. The number of rotatable bonds is 6. The highest BCUT2D eigenvalue weighted by Gasteiger charge is 2.31. The van der Waals surface area contributed by atoms with E-state index >= 15 is 0 Å². The van der Waals surface area contributed by atoms with Gasteiger partial charge in [-0.2, -0.15) is 0 Å². The molecule has 2 aromatic rings. The van der Waals surface area contributed by atoms with Gasteiger partial charge < -0.3 is 5.32 Å². The van der Waals surface area contributed by atoms with E-state index in [9.17, 15) is 13.2 Å². The predicted molar refractivity (Wildman–Crippen MR) is 111 cm³/mol. The summed E-state index contributed by atoms with van der Waals surface area (Å²) >= 11 is 8.05. The average molecular weight is 493 g/mol. The van der Waals surface area contributed by atoms with Gasteiger partial charge in [0.1, 0.15) is 6.04 Å². The third-order valence-electron chi connectivity index (χ3n) is 3.52. The van der Waals surface area contributed by atoms with Crippen LogP contribution in [0.3, 0.4) is 0 Å². The van der Waals surface area contributed by atoms with Crippen LogP contribution < -0.4 is 9.62 Å². The number of carbonyl (C=O) groups is 1. The summed E-state index contributed by atoms with van der Waals surface area (Å²) in [5.41, 5.74) is 1.02. The molecule has 0 bridgehead atoms. The van der Waals surface area contributed by atoms with Crippen molar-refractivity contribution in [2.75, 3.05) is 15.9 Å². The van der Waals surface area contributed by atoms with Crippen LogP contribution in [0.1, 0.15) is 13.3 Å². The number of nitrogens with one attached hydrogen (secondary N) is 1. The quantitative estimate of drug-likeness (QED) is 0.617. The zero-order valence-corrected chi connectivity index (χ0v) is 17.5. The predicted octanol–water partition coefficient (Wildman–Crippen LogP) is 4.13. The summed E-state index contributed by atoms with van der Waals surface area (Å²) in [6.45, 7) is 1.77. The van der Waals surface area contributed by atoms with Gasteiger partial charge in [-0.25, -0.2) is 8.42 Å². The van der Waals surface area contributed by atoms with Crippen LogP contribution in [0, 0.1) is 3.57 Å². The van der Waals surface area contributed by atoms with Crippen molar-refractivity contribution in [1.82, 2.24) is 0 Å². The molecule has 5 nitrogen and oxygen atoms in total. The van der Waals surface area contributed by atoms with Crippen molar-refractivity contribution < 1.29 is 13.2 Å². The Labute approximate surface area is 166 Å². The molecule has 1 N–H and O–H groups in total. The first-order valence-corrected chi connectivity index (χ1v) is 10.8. The van der Waals surface area contributed by atoms with Crippen molar-refractivity contribution in [3.05, 3.63) is 57.1 Å². The number of nitrogens with zero attached hydrogens (tertiary/aromatic N) is 1. The van der Waals surface area contributed by atoms with E-state index in [4.69, 9.17) is 11.6 Å². The minimum Gasteiger partial charge on any atom is -0.324 e. The second-order valence-corrected chi connectivity index (χ2v) is 9.00. The van der Waals surface area contributed by atoms with E-state index in [-0.39, 0.29) is 5.91 Å². The lowest BCUT2D eigenvalue weighted by molar-refractivity contribution is -0.117. The van der Waals surface area contributed by atoms with Gasteiger partial charge in [-0.3, -0.25) is 9.10 Å². The zero-order valence-electron chi connectivity index (χ0n) is 13.7. The highest BCUT2D eigenvalue weighted by molar-refractivity contribution is 14.1. The maximum absolute atomic E-state index is 12.7. The number of carbonyl (C=O) groups excluding carboxylic acids is 1. The number of hydrogen-bond donors (Lipinski definition) is 1. The molecule has 1 atom stereocenters. The SMILES string of the molecule is CCC(C(=O)Nc1ccc(I)cc1)N(c1ccc(Cl)cc1)S(C)(=O)=O. The van der Waals surface area contributed by atoms with Gasteiger partial charge in [-0.15, -0.1) is 0 Å². The fraction of sp³-hybridized carbons (Fsp3) is 0.235. The van der Waals surface area contributed by atoms with Crippen LogP contribution in [0.4, 0.5) is 11.4 Å². The number of amides is 1. The Bertz CT molecular complexity index is 839. The highest BCUT2D eigenvalue weighted by atomic mass is 127. The summed E-state index contributed by atoms with van der Waals surface area (Å²) < 4.78 is 26.8. The van der Waals surface area contributed by atoms with Crippen LogP contribution in [-0.2, 0) is 14.8 Å².